The molecule has 6 heteroatoms. The number of aromatic nitrogens is 1. The second-order valence-corrected chi connectivity index (χ2v) is 7.30. The maximum atomic E-state index is 12.6. The molecule has 1 amide bonds. The number of carbonyl (C=O) groups excluding carboxylic acids is 1. The highest BCUT2D eigenvalue weighted by Gasteiger charge is 2.26. The molecule has 1 aliphatic heterocycles. The van der Waals surface area contributed by atoms with Crippen molar-refractivity contribution in [2.75, 3.05) is 6.54 Å². The number of hydrogen-bond donors (Lipinski definition) is 1. The fourth-order valence-corrected chi connectivity index (χ4v) is 3.97. The van der Waals surface area contributed by atoms with Crippen molar-refractivity contribution >= 4 is 22.5 Å². The van der Waals surface area contributed by atoms with Crippen LogP contribution in [-0.2, 0) is 19.4 Å². The van der Waals surface area contributed by atoms with E-state index in [0.29, 0.717) is 18.8 Å². The summed E-state index contributed by atoms with van der Waals surface area (Å²) in [6, 6.07) is 13.0. The average Bonchev–Trinajstić information content (AvgIpc) is 3.01. The van der Waals surface area contributed by atoms with Gasteiger partial charge in [-0.2, -0.15) is 0 Å². The van der Waals surface area contributed by atoms with Crippen LogP contribution in [0.3, 0.4) is 0 Å². The number of nitrogens with zero attached hydrogens (tertiary/aromatic N) is 2. The van der Waals surface area contributed by atoms with E-state index in [1.54, 1.807) is 12.1 Å². The predicted octanol–water partition coefficient (Wildman–Crippen LogP) is 4.23. The zero-order chi connectivity index (χ0) is 19.7. The van der Waals surface area contributed by atoms with E-state index in [9.17, 15) is 14.9 Å². The minimum Gasteiger partial charge on any atom is -0.350 e. The number of aryl methyl sites for hydroxylation is 1. The molecular weight excluding hydrogens is 354 g/mol. The van der Waals surface area contributed by atoms with E-state index in [1.165, 1.54) is 17.7 Å². The Bertz CT molecular complexity index is 1050. The zero-order valence-electron chi connectivity index (χ0n) is 15.9. The predicted molar refractivity (Wildman–Crippen MR) is 109 cm³/mol. The van der Waals surface area contributed by atoms with Crippen LogP contribution in [-0.4, -0.2) is 21.9 Å². The fraction of sp³-hybridized carbons (Fsp3) is 0.318. The Morgan fingerprint density at radius 1 is 1.14 bits per heavy atom. The Balaban J connectivity index is 1.79. The van der Waals surface area contributed by atoms with Crippen LogP contribution in [0, 0.1) is 10.1 Å². The van der Waals surface area contributed by atoms with Gasteiger partial charge in [0.05, 0.1) is 4.92 Å². The van der Waals surface area contributed by atoms with Crippen LogP contribution in [0.4, 0.5) is 5.69 Å². The third-order valence-electron chi connectivity index (χ3n) is 5.42. The smallest absolute Gasteiger partial charge is 0.269 e. The molecule has 144 valence electrons. The van der Waals surface area contributed by atoms with E-state index < -0.39 is 4.92 Å². The number of rotatable bonds is 6. The van der Waals surface area contributed by atoms with Gasteiger partial charge in [0.15, 0.2) is 0 Å². The summed E-state index contributed by atoms with van der Waals surface area (Å²) in [5.74, 6) is -0.0468. The monoisotopic (exact) mass is 377 g/mol. The fourth-order valence-electron chi connectivity index (χ4n) is 3.97. The first-order valence-electron chi connectivity index (χ1n) is 9.74. The lowest BCUT2D eigenvalue weighted by molar-refractivity contribution is -0.384. The highest BCUT2D eigenvalue weighted by Crippen LogP contribution is 2.31. The standard InChI is InChI=1S/C22H23N3O3/c1-2-3-4-15-7-10-20-19(13-15)18-11-12-23-22(26)21(18)24(20)14-16-5-8-17(9-6-16)25(27)28/h5-10,13H,2-4,11-12,14H2,1H3,(H,23,26). The molecule has 2 aromatic carbocycles. The van der Waals surface area contributed by atoms with Crippen molar-refractivity contribution in [3.05, 3.63) is 75.0 Å². The van der Waals surface area contributed by atoms with Crippen molar-refractivity contribution in [3.63, 3.8) is 0 Å². The lowest BCUT2D eigenvalue weighted by Gasteiger charge is -2.16. The van der Waals surface area contributed by atoms with Crippen molar-refractivity contribution < 1.29 is 9.72 Å². The molecule has 6 nitrogen and oxygen atoms in total. The van der Waals surface area contributed by atoms with Gasteiger partial charge in [-0.3, -0.25) is 14.9 Å². The highest BCUT2D eigenvalue weighted by atomic mass is 16.6. The number of hydrogen-bond acceptors (Lipinski definition) is 3. The molecule has 1 aliphatic rings. The first-order valence-corrected chi connectivity index (χ1v) is 9.74. The Hall–Kier alpha value is -3.15. The SMILES string of the molecule is CCCCc1ccc2c(c1)c1c(n2Cc2ccc([N+](=O)[O-])cc2)C(=O)NCC1. The number of non-ortho nitro benzene ring substituents is 1. The number of unbranched alkanes of at least 4 members (excludes halogenated alkanes) is 1. The van der Waals surface area contributed by atoms with Gasteiger partial charge in [-0.05, 0) is 48.1 Å². The van der Waals surface area contributed by atoms with Gasteiger partial charge in [-0.25, -0.2) is 0 Å². The van der Waals surface area contributed by atoms with Crippen LogP contribution in [0.25, 0.3) is 10.9 Å². The third-order valence-corrected chi connectivity index (χ3v) is 5.42. The average molecular weight is 377 g/mol. The molecule has 1 N–H and O–H groups in total. The van der Waals surface area contributed by atoms with Crippen LogP contribution in [0.1, 0.15) is 46.9 Å². The maximum absolute atomic E-state index is 12.6. The topological polar surface area (TPSA) is 77.2 Å². The molecule has 0 unspecified atom stereocenters. The molecule has 3 aromatic rings. The molecule has 4 rings (SSSR count). The molecule has 28 heavy (non-hydrogen) atoms. The minimum absolute atomic E-state index is 0.0468. The number of nitro groups is 1. The summed E-state index contributed by atoms with van der Waals surface area (Å²) in [4.78, 5) is 23.1. The van der Waals surface area contributed by atoms with E-state index in [4.69, 9.17) is 0 Å². The Labute approximate surface area is 163 Å². The molecule has 0 atom stereocenters. The van der Waals surface area contributed by atoms with Crippen molar-refractivity contribution in [1.82, 2.24) is 9.88 Å². The van der Waals surface area contributed by atoms with E-state index >= 15 is 0 Å². The first kappa shape index (κ1) is 18.2. The highest BCUT2D eigenvalue weighted by molar-refractivity contribution is 6.03. The lowest BCUT2D eigenvalue weighted by atomic mass is 10.0. The van der Waals surface area contributed by atoms with E-state index in [1.807, 2.05) is 4.57 Å². The third kappa shape index (κ3) is 3.26. The second kappa shape index (κ2) is 7.46. The number of fused-ring (bicyclic) bond motifs is 3. The van der Waals surface area contributed by atoms with Crippen molar-refractivity contribution in [2.24, 2.45) is 0 Å². The van der Waals surface area contributed by atoms with Crippen LogP contribution >= 0.6 is 0 Å². The van der Waals surface area contributed by atoms with Gasteiger partial charge in [0.2, 0.25) is 0 Å². The van der Waals surface area contributed by atoms with E-state index in [2.05, 4.69) is 30.4 Å². The Morgan fingerprint density at radius 2 is 1.89 bits per heavy atom. The van der Waals surface area contributed by atoms with Gasteiger partial charge >= 0.3 is 0 Å². The van der Waals surface area contributed by atoms with Gasteiger partial charge < -0.3 is 9.88 Å². The van der Waals surface area contributed by atoms with Crippen LogP contribution in [0.2, 0.25) is 0 Å². The summed E-state index contributed by atoms with van der Waals surface area (Å²) in [7, 11) is 0. The Morgan fingerprint density at radius 3 is 2.61 bits per heavy atom. The van der Waals surface area contributed by atoms with Gasteiger partial charge in [0.1, 0.15) is 5.69 Å². The maximum Gasteiger partial charge on any atom is 0.269 e. The summed E-state index contributed by atoms with van der Waals surface area (Å²) < 4.78 is 2.05. The summed E-state index contributed by atoms with van der Waals surface area (Å²) in [5, 5.41) is 15.0. The van der Waals surface area contributed by atoms with Crippen LogP contribution in [0.5, 0.6) is 0 Å². The number of nitrogens with one attached hydrogen (secondary N) is 1. The number of nitro benzene ring substituents is 1. The van der Waals surface area contributed by atoms with Crippen LogP contribution < -0.4 is 5.32 Å². The minimum atomic E-state index is -0.401. The molecule has 0 saturated heterocycles. The zero-order valence-corrected chi connectivity index (χ0v) is 15.9. The number of benzene rings is 2. The normalized spacial score (nSPS) is 13.4. The first-order chi connectivity index (χ1) is 13.6. The molecular formula is C22H23N3O3. The second-order valence-electron chi connectivity index (χ2n) is 7.30. The molecule has 2 heterocycles. The van der Waals surface area contributed by atoms with Crippen molar-refractivity contribution in [2.45, 2.75) is 39.2 Å². The summed E-state index contributed by atoms with van der Waals surface area (Å²) in [5.41, 5.74) is 5.17. The molecule has 0 bridgehead atoms. The van der Waals surface area contributed by atoms with Crippen LogP contribution in [0.15, 0.2) is 42.5 Å². The van der Waals surface area contributed by atoms with Gasteiger partial charge in [0.25, 0.3) is 11.6 Å². The molecule has 0 saturated carbocycles. The number of amides is 1. The Kier molecular flexibility index (Phi) is 4.86. The lowest BCUT2D eigenvalue weighted by Crippen LogP contribution is -2.33. The summed E-state index contributed by atoms with van der Waals surface area (Å²) in [6.45, 7) is 3.35. The van der Waals surface area contributed by atoms with E-state index in [-0.39, 0.29) is 11.6 Å². The summed E-state index contributed by atoms with van der Waals surface area (Å²) in [6.07, 6.45) is 4.17. The van der Waals surface area contributed by atoms with Crippen molar-refractivity contribution in [3.8, 4) is 0 Å². The summed E-state index contributed by atoms with van der Waals surface area (Å²) >= 11 is 0. The molecule has 0 aliphatic carbocycles. The van der Waals surface area contributed by atoms with Crippen molar-refractivity contribution in [1.29, 1.82) is 0 Å². The number of carbonyl (C=O) groups is 1. The molecule has 0 radical (unpaired) electrons. The molecule has 1 aromatic heterocycles. The van der Waals surface area contributed by atoms with Gasteiger partial charge in [-0.15, -0.1) is 0 Å². The quantitative estimate of drug-likeness (QED) is 0.516. The van der Waals surface area contributed by atoms with Gasteiger partial charge in [0, 0.05) is 36.1 Å². The largest absolute Gasteiger partial charge is 0.350 e. The molecule has 0 fully saturated rings. The molecule has 0 spiro atoms. The van der Waals surface area contributed by atoms with Gasteiger partial charge in [-0.1, -0.05) is 31.5 Å². The van der Waals surface area contributed by atoms with E-state index in [0.717, 1.165) is 47.7 Å².